The molecule has 0 unspecified atom stereocenters. The Morgan fingerprint density at radius 1 is 1.15 bits per heavy atom. The summed E-state index contributed by atoms with van der Waals surface area (Å²) in [6, 6.07) is 6.77. The van der Waals surface area contributed by atoms with E-state index in [0.717, 1.165) is 6.20 Å². The average molecular weight is 469 g/mol. The van der Waals surface area contributed by atoms with Crippen LogP contribution >= 0.6 is 0 Å². The largest absolute Gasteiger partial charge is 0.480 e. The van der Waals surface area contributed by atoms with Crippen LogP contribution in [0.2, 0.25) is 0 Å². The lowest BCUT2D eigenvalue weighted by Gasteiger charge is -2.28. The maximum Gasteiger partial charge on any atom is 0.326 e. The van der Waals surface area contributed by atoms with Gasteiger partial charge < -0.3 is 14.5 Å². The van der Waals surface area contributed by atoms with Gasteiger partial charge in [-0.05, 0) is 12.0 Å². The second-order valence-corrected chi connectivity index (χ2v) is 7.90. The van der Waals surface area contributed by atoms with Crippen molar-refractivity contribution in [1.29, 1.82) is 0 Å². The summed E-state index contributed by atoms with van der Waals surface area (Å²) >= 11 is 0. The highest BCUT2D eigenvalue weighted by atomic mass is 19.1. The van der Waals surface area contributed by atoms with E-state index >= 15 is 0 Å². The number of rotatable bonds is 8. The molecule has 0 aliphatic carbocycles. The number of aliphatic carboxylic acids is 1. The number of halogens is 2. The molecule has 0 saturated heterocycles. The molecule has 0 aliphatic heterocycles. The maximum absolute atomic E-state index is 14.6. The molecule has 4 rings (SSSR count). The van der Waals surface area contributed by atoms with Crippen LogP contribution in [-0.2, 0) is 11.3 Å². The zero-order valence-corrected chi connectivity index (χ0v) is 18.6. The molecule has 0 bridgehead atoms. The first-order chi connectivity index (χ1) is 16.3. The summed E-state index contributed by atoms with van der Waals surface area (Å²) < 4.78 is 35.2. The van der Waals surface area contributed by atoms with Gasteiger partial charge >= 0.3 is 5.97 Å². The number of anilines is 1. The molecule has 176 valence electrons. The molecule has 0 radical (unpaired) electrons. The molecule has 1 atom stereocenters. The van der Waals surface area contributed by atoms with Crippen molar-refractivity contribution in [2.24, 2.45) is 5.92 Å². The highest BCUT2D eigenvalue weighted by Gasteiger charge is 2.30. The van der Waals surface area contributed by atoms with Crippen LogP contribution in [0.3, 0.4) is 0 Å². The van der Waals surface area contributed by atoms with Crippen molar-refractivity contribution in [2.45, 2.75) is 26.4 Å². The third-order valence-electron chi connectivity index (χ3n) is 5.18. The highest BCUT2D eigenvalue weighted by molar-refractivity contribution is 5.78. The van der Waals surface area contributed by atoms with Crippen LogP contribution < -0.4 is 4.90 Å². The van der Waals surface area contributed by atoms with Gasteiger partial charge in [0.25, 0.3) is 0 Å². The number of benzene rings is 1. The average Bonchev–Trinajstić information content (AvgIpc) is 3.45. The summed E-state index contributed by atoms with van der Waals surface area (Å²) in [5.41, 5.74) is 0.714. The minimum absolute atomic E-state index is 0.0282. The second-order valence-electron chi connectivity index (χ2n) is 7.90. The SMILES string of the molecule is CC(C)[C@@H](C(=O)O)N(C)c1nc(-c2nc(-c3ccon3)n(Cc3ccccc3F)n2)ncc1F. The van der Waals surface area contributed by atoms with Gasteiger partial charge in [0, 0.05) is 18.7 Å². The zero-order valence-electron chi connectivity index (χ0n) is 18.6. The Hall–Kier alpha value is -4.22. The van der Waals surface area contributed by atoms with E-state index in [0.29, 0.717) is 11.3 Å². The number of nitrogens with zero attached hydrogens (tertiary/aromatic N) is 7. The number of hydrogen-bond acceptors (Lipinski definition) is 8. The van der Waals surface area contributed by atoms with Crippen LogP contribution in [0.15, 0.2) is 47.3 Å². The van der Waals surface area contributed by atoms with E-state index in [1.54, 1.807) is 38.1 Å². The predicted octanol–water partition coefficient (Wildman–Crippen LogP) is 3.26. The van der Waals surface area contributed by atoms with Crippen molar-refractivity contribution in [2.75, 3.05) is 11.9 Å². The van der Waals surface area contributed by atoms with Crippen molar-refractivity contribution < 1.29 is 23.2 Å². The summed E-state index contributed by atoms with van der Waals surface area (Å²) in [6.07, 6.45) is 2.29. The molecule has 4 aromatic rings. The number of hydrogen-bond donors (Lipinski definition) is 1. The Balaban J connectivity index is 1.77. The molecule has 0 spiro atoms. The first-order valence-corrected chi connectivity index (χ1v) is 10.3. The molecule has 0 aliphatic rings. The molecule has 3 aromatic heterocycles. The van der Waals surface area contributed by atoms with Crippen molar-refractivity contribution in [3.63, 3.8) is 0 Å². The van der Waals surface area contributed by atoms with Gasteiger partial charge in [0.2, 0.25) is 11.6 Å². The van der Waals surface area contributed by atoms with Gasteiger partial charge in [-0.3, -0.25) is 0 Å². The van der Waals surface area contributed by atoms with Crippen LogP contribution in [0.5, 0.6) is 0 Å². The minimum atomic E-state index is -1.11. The summed E-state index contributed by atoms with van der Waals surface area (Å²) in [5, 5.41) is 17.8. The monoisotopic (exact) mass is 469 g/mol. The van der Waals surface area contributed by atoms with Gasteiger partial charge in [-0.1, -0.05) is 37.2 Å². The zero-order chi connectivity index (χ0) is 24.4. The second kappa shape index (κ2) is 9.33. The van der Waals surface area contributed by atoms with Gasteiger partial charge in [0.05, 0.1) is 12.7 Å². The summed E-state index contributed by atoms with van der Waals surface area (Å²) in [6.45, 7) is 3.46. The highest BCUT2D eigenvalue weighted by Crippen LogP contribution is 2.25. The van der Waals surface area contributed by atoms with Gasteiger partial charge in [-0.25, -0.2) is 33.2 Å². The molecule has 12 heteroatoms. The van der Waals surface area contributed by atoms with E-state index in [1.807, 2.05) is 0 Å². The van der Waals surface area contributed by atoms with E-state index in [9.17, 15) is 18.7 Å². The normalized spacial score (nSPS) is 12.2. The lowest BCUT2D eigenvalue weighted by Crippen LogP contribution is -2.43. The van der Waals surface area contributed by atoms with Crippen LogP contribution in [0.25, 0.3) is 23.2 Å². The van der Waals surface area contributed by atoms with E-state index in [2.05, 4.69) is 25.2 Å². The molecule has 10 nitrogen and oxygen atoms in total. The summed E-state index contributed by atoms with van der Waals surface area (Å²) in [7, 11) is 1.44. The fraction of sp³-hybridized carbons (Fsp3) is 0.273. The van der Waals surface area contributed by atoms with Gasteiger partial charge in [-0.2, -0.15) is 0 Å². The Labute approximate surface area is 192 Å². The minimum Gasteiger partial charge on any atom is -0.480 e. The number of carbonyl (C=O) groups is 1. The standard InChI is InChI=1S/C22H21F2N7O3/c1-12(2)17(22(32)33)30(3)20-15(24)10-25-18(26-20)19-27-21(16-8-9-34-29-16)31(28-19)11-13-6-4-5-7-14(13)23/h4-10,12,17H,11H2,1-3H3,(H,32,33)/t17-/m0/s1. The fourth-order valence-electron chi connectivity index (χ4n) is 3.60. The van der Waals surface area contributed by atoms with E-state index in [4.69, 9.17) is 4.52 Å². The maximum atomic E-state index is 14.6. The van der Waals surface area contributed by atoms with Gasteiger partial charge in [-0.15, -0.1) is 5.10 Å². The van der Waals surface area contributed by atoms with Crippen molar-refractivity contribution in [3.8, 4) is 23.2 Å². The van der Waals surface area contributed by atoms with E-state index in [1.165, 1.54) is 29.0 Å². The third kappa shape index (κ3) is 4.47. The fourth-order valence-corrected chi connectivity index (χ4v) is 3.60. The first-order valence-electron chi connectivity index (χ1n) is 10.3. The first kappa shape index (κ1) is 23.0. The molecule has 0 saturated carbocycles. The number of aromatic nitrogens is 6. The lowest BCUT2D eigenvalue weighted by atomic mass is 10.0. The smallest absolute Gasteiger partial charge is 0.326 e. The molecular weight excluding hydrogens is 448 g/mol. The predicted molar refractivity (Wildman–Crippen MR) is 117 cm³/mol. The van der Waals surface area contributed by atoms with Crippen molar-refractivity contribution in [1.82, 2.24) is 29.9 Å². The molecule has 1 N–H and O–H groups in total. The Kier molecular flexibility index (Phi) is 6.30. The molecule has 3 heterocycles. The van der Waals surface area contributed by atoms with E-state index < -0.39 is 23.6 Å². The quantitative estimate of drug-likeness (QED) is 0.414. The topological polar surface area (TPSA) is 123 Å². The third-order valence-corrected chi connectivity index (χ3v) is 5.18. The molecule has 34 heavy (non-hydrogen) atoms. The van der Waals surface area contributed by atoms with Crippen LogP contribution in [0, 0.1) is 17.6 Å². The van der Waals surface area contributed by atoms with Crippen molar-refractivity contribution in [3.05, 3.63) is 60.0 Å². The Bertz CT molecular complexity index is 1310. The Morgan fingerprint density at radius 3 is 2.56 bits per heavy atom. The van der Waals surface area contributed by atoms with Gasteiger partial charge in [0.1, 0.15) is 18.1 Å². The Morgan fingerprint density at radius 2 is 1.91 bits per heavy atom. The van der Waals surface area contributed by atoms with Crippen LogP contribution in [-0.4, -0.2) is 54.1 Å². The molecule has 0 fully saturated rings. The number of carboxylic acid groups (broad SMARTS) is 1. The lowest BCUT2D eigenvalue weighted by molar-refractivity contribution is -0.139. The summed E-state index contributed by atoms with van der Waals surface area (Å²) in [5.74, 6) is -2.59. The van der Waals surface area contributed by atoms with E-state index in [-0.39, 0.29) is 35.8 Å². The molecule has 1 aromatic carbocycles. The summed E-state index contributed by atoms with van der Waals surface area (Å²) in [4.78, 5) is 25.6. The number of carboxylic acids is 1. The molecule has 0 amide bonds. The van der Waals surface area contributed by atoms with Gasteiger partial charge in [0.15, 0.2) is 23.2 Å². The van der Waals surface area contributed by atoms with Crippen LogP contribution in [0.1, 0.15) is 19.4 Å². The van der Waals surface area contributed by atoms with Crippen molar-refractivity contribution >= 4 is 11.8 Å². The molecular formula is C22H21F2N7O3. The number of likely N-dealkylation sites (N-methyl/N-ethyl adjacent to an activating group) is 1. The van der Waals surface area contributed by atoms with Crippen LogP contribution in [0.4, 0.5) is 14.6 Å².